The summed E-state index contributed by atoms with van der Waals surface area (Å²) in [7, 11) is 0. The van der Waals surface area contributed by atoms with Gasteiger partial charge in [-0.2, -0.15) is 4.98 Å². The Bertz CT molecular complexity index is 1060. The third kappa shape index (κ3) is 3.67. The Labute approximate surface area is 175 Å². The van der Waals surface area contributed by atoms with Gasteiger partial charge >= 0.3 is 0 Å². The number of hydrogen-bond acceptors (Lipinski definition) is 6. The van der Waals surface area contributed by atoms with Gasteiger partial charge in [0.15, 0.2) is 0 Å². The summed E-state index contributed by atoms with van der Waals surface area (Å²) in [5.41, 5.74) is 3.97. The van der Waals surface area contributed by atoms with Crippen LogP contribution in [-0.4, -0.2) is 52.1 Å². The van der Waals surface area contributed by atoms with E-state index >= 15 is 0 Å². The van der Waals surface area contributed by atoms with Crippen molar-refractivity contribution in [3.05, 3.63) is 59.1 Å². The van der Waals surface area contributed by atoms with Crippen molar-refractivity contribution in [1.29, 1.82) is 0 Å². The van der Waals surface area contributed by atoms with Crippen LogP contribution in [0.1, 0.15) is 46.1 Å². The molecule has 30 heavy (non-hydrogen) atoms. The van der Waals surface area contributed by atoms with Gasteiger partial charge in [0.05, 0.1) is 0 Å². The minimum Gasteiger partial charge on any atom is -0.353 e. The van der Waals surface area contributed by atoms with Gasteiger partial charge in [0.1, 0.15) is 5.82 Å². The zero-order valence-corrected chi connectivity index (χ0v) is 17.3. The summed E-state index contributed by atoms with van der Waals surface area (Å²) in [5.74, 6) is 2.78. The molecule has 2 aromatic heterocycles. The van der Waals surface area contributed by atoms with Crippen molar-refractivity contribution >= 4 is 11.7 Å². The highest BCUT2D eigenvalue weighted by Crippen LogP contribution is 2.39. The molecule has 5 rings (SSSR count). The van der Waals surface area contributed by atoms with Gasteiger partial charge in [0.2, 0.25) is 11.7 Å². The molecule has 2 fully saturated rings. The molecule has 1 aliphatic heterocycles. The Balaban J connectivity index is 1.21. The molecule has 7 nitrogen and oxygen atoms in total. The standard InChI is InChI=1S/C23H25N5O2/c1-15-3-4-18(13-16(15)2)23(29)28-11-9-27(10-12-28)20-8-7-19(14-24-20)21-25-22(30-26-21)17-5-6-17/h3-4,7-8,13-14,17H,5-6,9-12H2,1-2H3. The average molecular weight is 403 g/mol. The van der Waals surface area contributed by atoms with Crippen LogP contribution in [0, 0.1) is 13.8 Å². The zero-order valence-electron chi connectivity index (χ0n) is 17.3. The third-order valence-corrected chi connectivity index (χ3v) is 6.02. The number of benzene rings is 1. The van der Waals surface area contributed by atoms with E-state index in [0.717, 1.165) is 54.3 Å². The van der Waals surface area contributed by atoms with E-state index in [1.807, 2.05) is 42.2 Å². The Kier molecular flexibility index (Phi) is 4.73. The lowest BCUT2D eigenvalue weighted by atomic mass is 10.1. The van der Waals surface area contributed by atoms with E-state index < -0.39 is 0 Å². The second-order valence-electron chi connectivity index (χ2n) is 8.21. The van der Waals surface area contributed by atoms with Gasteiger partial charge in [-0.05, 0) is 62.1 Å². The number of aryl methyl sites for hydroxylation is 2. The SMILES string of the molecule is Cc1ccc(C(=O)N2CCN(c3ccc(-c4noc(C5CC5)n4)cn3)CC2)cc1C. The summed E-state index contributed by atoms with van der Waals surface area (Å²) in [5, 5.41) is 4.08. The van der Waals surface area contributed by atoms with E-state index in [1.54, 1.807) is 6.20 Å². The molecular formula is C23H25N5O2. The van der Waals surface area contributed by atoms with E-state index in [0.29, 0.717) is 24.8 Å². The van der Waals surface area contributed by atoms with E-state index in [-0.39, 0.29) is 5.91 Å². The predicted molar refractivity (Wildman–Crippen MR) is 114 cm³/mol. The Morgan fingerprint density at radius 2 is 1.83 bits per heavy atom. The van der Waals surface area contributed by atoms with Crippen LogP contribution >= 0.6 is 0 Å². The molecular weight excluding hydrogens is 378 g/mol. The van der Waals surface area contributed by atoms with Crippen molar-refractivity contribution in [3.63, 3.8) is 0 Å². The highest BCUT2D eigenvalue weighted by Gasteiger charge is 2.30. The molecule has 2 aliphatic rings. The van der Waals surface area contributed by atoms with Crippen molar-refractivity contribution in [1.82, 2.24) is 20.0 Å². The second-order valence-corrected chi connectivity index (χ2v) is 8.21. The maximum absolute atomic E-state index is 12.8. The monoisotopic (exact) mass is 403 g/mol. The summed E-state index contributed by atoms with van der Waals surface area (Å²) in [4.78, 5) is 26.0. The van der Waals surface area contributed by atoms with Crippen molar-refractivity contribution in [2.75, 3.05) is 31.1 Å². The van der Waals surface area contributed by atoms with E-state index in [4.69, 9.17) is 4.52 Å². The van der Waals surface area contributed by atoms with Crippen LogP contribution in [0.2, 0.25) is 0 Å². The van der Waals surface area contributed by atoms with Gasteiger partial charge in [-0.1, -0.05) is 11.2 Å². The fourth-order valence-corrected chi connectivity index (χ4v) is 3.75. The van der Waals surface area contributed by atoms with Crippen molar-refractivity contribution < 1.29 is 9.32 Å². The molecule has 0 N–H and O–H groups in total. The topological polar surface area (TPSA) is 75.4 Å². The quantitative estimate of drug-likeness (QED) is 0.663. The Morgan fingerprint density at radius 3 is 2.50 bits per heavy atom. The van der Waals surface area contributed by atoms with Gasteiger partial charge in [0, 0.05) is 49.4 Å². The van der Waals surface area contributed by atoms with E-state index in [1.165, 1.54) is 5.56 Å². The molecule has 154 valence electrons. The first kappa shape index (κ1) is 18.8. The molecule has 3 heterocycles. The van der Waals surface area contributed by atoms with E-state index in [2.05, 4.69) is 26.9 Å². The molecule has 0 radical (unpaired) electrons. The minimum absolute atomic E-state index is 0.102. The van der Waals surface area contributed by atoms with Gasteiger partial charge < -0.3 is 14.3 Å². The fraction of sp³-hybridized carbons (Fsp3) is 0.391. The number of hydrogen-bond donors (Lipinski definition) is 0. The van der Waals surface area contributed by atoms with Gasteiger partial charge in [-0.25, -0.2) is 4.98 Å². The van der Waals surface area contributed by atoms with Crippen LogP contribution in [0.15, 0.2) is 41.1 Å². The lowest BCUT2D eigenvalue weighted by Gasteiger charge is -2.35. The van der Waals surface area contributed by atoms with Crippen LogP contribution < -0.4 is 4.90 Å². The van der Waals surface area contributed by atoms with Crippen LogP contribution in [-0.2, 0) is 0 Å². The molecule has 3 aromatic rings. The molecule has 0 unspecified atom stereocenters. The summed E-state index contributed by atoms with van der Waals surface area (Å²) < 4.78 is 5.34. The highest BCUT2D eigenvalue weighted by molar-refractivity contribution is 5.94. The molecule has 1 amide bonds. The number of piperazine rings is 1. The average Bonchev–Trinajstić information content (AvgIpc) is 3.52. The zero-order chi connectivity index (χ0) is 20.7. The van der Waals surface area contributed by atoms with Crippen LogP contribution in [0.5, 0.6) is 0 Å². The van der Waals surface area contributed by atoms with Crippen molar-refractivity contribution in [2.24, 2.45) is 0 Å². The van der Waals surface area contributed by atoms with Gasteiger partial charge in [-0.15, -0.1) is 0 Å². The van der Waals surface area contributed by atoms with Crippen LogP contribution in [0.3, 0.4) is 0 Å². The van der Waals surface area contributed by atoms with Gasteiger partial charge in [0.25, 0.3) is 5.91 Å². The highest BCUT2D eigenvalue weighted by atomic mass is 16.5. The first-order valence-corrected chi connectivity index (χ1v) is 10.5. The molecule has 0 atom stereocenters. The maximum Gasteiger partial charge on any atom is 0.253 e. The maximum atomic E-state index is 12.8. The molecule has 0 bridgehead atoms. The lowest BCUT2D eigenvalue weighted by Crippen LogP contribution is -2.49. The molecule has 0 spiro atoms. The number of amides is 1. The smallest absolute Gasteiger partial charge is 0.253 e. The molecule has 7 heteroatoms. The number of nitrogens with zero attached hydrogens (tertiary/aromatic N) is 5. The summed E-state index contributed by atoms with van der Waals surface area (Å²) in [6.07, 6.45) is 4.07. The number of rotatable bonds is 4. The summed E-state index contributed by atoms with van der Waals surface area (Å²) >= 11 is 0. The van der Waals surface area contributed by atoms with E-state index in [9.17, 15) is 4.79 Å². The number of carbonyl (C=O) groups is 1. The number of carbonyl (C=O) groups excluding carboxylic acids is 1. The summed E-state index contributed by atoms with van der Waals surface area (Å²) in [6.45, 7) is 7.00. The molecule has 1 aromatic carbocycles. The fourth-order valence-electron chi connectivity index (χ4n) is 3.75. The molecule has 1 saturated heterocycles. The largest absolute Gasteiger partial charge is 0.353 e. The molecule has 1 aliphatic carbocycles. The first-order valence-electron chi connectivity index (χ1n) is 10.5. The number of pyridine rings is 1. The lowest BCUT2D eigenvalue weighted by molar-refractivity contribution is 0.0746. The second kappa shape index (κ2) is 7.55. The van der Waals surface area contributed by atoms with Crippen molar-refractivity contribution in [2.45, 2.75) is 32.6 Å². The first-order chi connectivity index (χ1) is 14.6. The molecule has 1 saturated carbocycles. The predicted octanol–water partition coefficient (Wildman–Crippen LogP) is 3.59. The van der Waals surface area contributed by atoms with Gasteiger partial charge in [-0.3, -0.25) is 4.79 Å². The number of anilines is 1. The summed E-state index contributed by atoms with van der Waals surface area (Å²) in [6, 6.07) is 9.89. The van der Waals surface area contributed by atoms with Crippen LogP contribution in [0.4, 0.5) is 5.82 Å². The van der Waals surface area contributed by atoms with Crippen LogP contribution in [0.25, 0.3) is 11.4 Å². The number of aromatic nitrogens is 3. The Hall–Kier alpha value is -3.22. The normalized spacial score (nSPS) is 16.7. The van der Waals surface area contributed by atoms with Crippen molar-refractivity contribution in [3.8, 4) is 11.4 Å². The third-order valence-electron chi connectivity index (χ3n) is 6.02. The Morgan fingerprint density at radius 1 is 1.03 bits per heavy atom. The minimum atomic E-state index is 0.102.